The molecule has 0 aliphatic heterocycles. The number of phenols is 5. The Kier molecular flexibility index (Phi) is 7.65. The Morgan fingerprint density at radius 3 is 1.92 bits per heavy atom. The lowest BCUT2D eigenvalue weighted by atomic mass is 9.99. The van der Waals surface area contributed by atoms with Gasteiger partial charge in [0, 0.05) is 52.8 Å². The zero-order chi connectivity index (χ0) is 41.8. The van der Waals surface area contributed by atoms with Crippen LogP contribution in [0.4, 0.5) is 0 Å². The van der Waals surface area contributed by atoms with Crippen LogP contribution in [-0.2, 0) is 0 Å². The molecule has 0 amide bonds. The zero-order valence-corrected chi connectivity index (χ0v) is 33.2. The number of thiophene rings is 1. The molecule has 0 bridgehead atoms. The number of nitrogens with zero attached hydrogens (tertiary/aromatic N) is 3. The molecular formula is C52H31N3O6S. The quantitative estimate of drug-likeness (QED) is 0.0852. The predicted molar refractivity (Wildman–Crippen MR) is 247 cm³/mol. The molecule has 0 radical (unpaired) electrons. The summed E-state index contributed by atoms with van der Waals surface area (Å²) in [6.45, 7) is 0. The Bertz CT molecular complexity index is 3800. The first-order valence-electron chi connectivity index (χ1n) is 19.9. The minimum absolute atomic E-state index is 0.00965. The molecule has 4 aromatic heterocycles. The summed E-state index contributed by atoms with van der Waals surface area (Å²) < 4.78 is 11.1. The van der Waals surface area contributed by atoms with Crippen LogP contribution in [0.3, 0.4) is 0 Å². The van der Waals surface area contributed by atoms with E-state index in [-0.39, 0.29) is 17.1 Å². The second kappa shape index (κ2) is 13.3. The van der Waals surface area contributed by atoms with Gasteiger partial charge in [0.05, 0.1) is 33.7 Å². The van der Waals surface area contributed by atoms with Gasteiger partial charge in [-0.15, -0.1) is 11.3 Å². The lowest BCUT2D eigenvalue weighted by Crippen LogP contribution is -1.99. The van der Waals surface area contributed by atoms with Gasteiger partial charge in [0.1, 0.15) is 5.58 Å². The van der Waals surface area contributed by atoms with Crippen molar-refractivity contribution in [1.29, 1.82) is 0 Å². The van der Waals surface area contributed by atoms with Crippen LogP contribution in [0.2, 0.25) is 0 Å². The molecular weight excluding hydrogens is 795 g/mol. The van der Waals surface area contributed by atoms with E-state index in [1.54, 1.807) is 17.4 Å². The second-order valence-corrected chi connectivity index (χ2v) is 16.3. The van der Waals surface area contributed by atoms with Crippen LogP contribution in [0, 0.1) is 0 Å². The van der Waals surface area contributed by atoms with Crippen molar-refractivity contribution in [2.24, 2.45) is 0 Å². The predicted octanol–water partition coefficient (Wildman–Crippen LogP) is 13.0. The average molecular weight is 826 g/mol. The molecule has 0 spiro atoms. The lowest BCUT2D eigenvalue weighted by molar-refractivity contribution is 0.330. The standard InChI is InChI=1S/C52H31N3O6S/c56-45-44(46(57)48(59)49(60)47(45)58)36-26-35(31-19-10-18-30-29-14-6-9-23-41(29)62-51(30)31)53-52(54-36)34-24-25-39(50-43(34)33-16-5-8-22-40(33)61-50)55-37-20-7-4-15-32(37)42-28(17-11-21-38(42)55)27-12-2-1-3-13-27/h1-26,56-60H. The molecule has 0 aliphatic rings. The van der Waals surface area contributed by atoms with Gasteiger partial charge < -0.3 is 34.5 Å². The summed E-state index contributed by atoms with van der Waals surface area (Å²) in [5.74, 6) is -4.56. The average Bonchev–Trinajstić information content (AvgIpc) is 4.00. The van der Waals surface area contributed by atoms with E-state index in [1.165, 1.54) is 0 Å². The summed E-state index contributed by atoms with van der Waals surface area (Å²) >= 11 is 1.62. The summed E-state index contributed by atoms with van der Waals surface area (Å²) in [4.78, 5) is 10.2. The van der Waals surface area contributed by atoms with E-state index in [0.717, 1.165) is 75.1 Å². The first kappa shape index (κ1) is 35.6. The number of hydrogen-bond acceptors (Lipinski definition) is 9. The van der Waals surface area contributed by atoms with Crippen molar-refractivity contribution in [3.8, 4) is 79.5 Å². The van der Waals surface area contributed by atoms with Gasteiger partial charge in [-0.05, 0) is 53.6 Å². The lowest BCUT2D eigenvalue weighted by Gasteiger charge is -2.15. The van der Waals surface area contributed by atoms with Gasteiger partial charge >= 0.3 is 0 Å². The molecule has 12 rings (SSSR count). The molecule has 0 fully saturated rings. The van der Waals surface area contributed by atoms with E-state index in [0.29, 0.717) is 22.4 Å². The summed E-state index contributed by atoms with van der Waals surface area (Å²) in [5, 5.41) is 60.1. The molecule has 5 N–H and O–H groups in total. The Morgan fingerprint density at radius 1 is 0.468 bits per heavy atom. The fraction of sp³-hybridized carbons (Fsp3) is 0. The van der Waals surface area contributed by atoms with Gasteiger partial charge in [0.25, 0.3) is 0 Å². The minimum Gasteiger partial charge on any atom is -0.504 e. The van der Waals surface area contributed by atoms with E-state index in [1.807, 2.05) is 84.9 Å². The van der Waals surface area contributed by atoms with Gasteiger partial charge in [-0.1, -0.05) is 115 Å². The van der Waals surface area contributed by atoms with E-state index in [2.05, 4.69) is 71.3 Å². The maximum absolute atomic E-state index is 11.3. The van der Waals surface area contributed by atoms with Gasteiger partial charge in [-0.3, -0.25) is 0 Å². The molecule has 296 valence electrons. The maximum Gasteiger partial charge on any atom is 0.208 e. The number of benzene rings is 8. The van der Waals surface area contributed by atoms with Crippen molar-refractivity contribution < 1.29 is 29.9 Å². The fourth-order valence-electron chi connectivity index (χ4n) is 9.02. The van der Waals surface area contributed by atoms with Crippen LogP contribution in [0.25, 0.3) is 115 Å². The van der Waals surface area contributed by atoms with E-state index in [9.17, 15) is 25.5 Å². The van der Waals surface area contributed by atoms with Crippen molar-refractivity contribution in [3.05, 3.63) is 158 Å². The summed E-state index contributed by atoms with van der Waals surface area (Å²) in [7, 11) is 0. The molecule has 0 saturated heterocycles. The normalized spacial score (nSPS) is 11.9. The second-order valence-electron chi connectivity index (χ2n) is 15.2. The smallest absolute Gasteiger partial charge is 0.208 e. The molecule has 12 aromatic rings. The SMILES string of the molecule is Oc1c(O)c(O)c(-c2cc(-c3cccc4c3sc3ccccc34)nc(-c3ccc(-n4c5ccccc5c5c(-c6ccccc6)cccc54)c4oc5ccccc5c34)n2)c(O)c1O. The Morgan fingerprint density at radius 2 is 1.10 bits per heavy atom. The van der Waals surface area contributed by atoms with Crippen LogP contribution in [0.15, 0.2) is 162 Å². The van der Waals surface area contributed by atoms with Crippen molar-refractivity contribution in [3.63, 3.8) is 0 Å². The summed E-state index contributed by atoms with van der Waals surface area (Å²) in [6.07, 6.45) is 0. The van der Waals surface area contributed by atoms with Crippen LogP contribution in [0.1, 0.15) is 0 Å². The van der Waals surface area contributed by atoms with Crippen molar-refractivity contribution in [1.82, 2.24) is 14.5 Å². The summed E-state index contributed by atoms with van der Waals surface area (Å²) in [5.41, 5.74) is 7.67. The first-order chi connectivity index (χ1) is 30.4. The third kappa shape index (κ3) is 5.07. The number of rotatable bonds is 5. The monoisotopic (exact) mass is 825 g/mol. The minimum atomic E-state index is -1.06. The molecule has 62 heavy (non-hydrogen) atoms. The molecule has 10 heteroatoms. The fourth-order valence-corrected chi connectivity index (χ4v) is 10.2. The van der Waals surface area contributed by atoms with Crippen molar-refractivity contribution in [2.45, 2.75) is 0 Å². The Balaban J connectivity index is 1.17. The number of aromatic nitrogens is 3. The first-order valence-corrected chi connectivity index (χ1v) is 20.7. The van der Waals surface area contributed by atoms with Crippen molar-refractivity contribution in [2.75, 3.05) is 0 Å². The third-order valence-corrected chi connectivity index (χ3v) is 13.0. The van der Waals surface area contributed by atoms with E-state index >= 15 is 0 Å². The van der Waals surface area contributed by atoms with Crippen LogP contribution in [0.5, 0.6) is 28.7 Å². The largest absolute Gasteiger partial charge is 0.504 e. The van der Waals surface area contributed by atoms with Gasteiger partial charge in [-0.2, -0.15) is 0 Å². The number of fused-ring (bicyclic) bond motifs is 9. The number of aromatic hydroxyl groups is 5. The maximum atomic E-state index is 11.3. The Hall–Kier alpha value is -8.34. The molecule has 4 heterocycles. The number of hydrogen-bond donors (Lipinski definition) is 5. The molecule has 8 aromatic carbocycles. The van der Waals surface area contributed by atoms with Gasteiger partial charge in [0.15, 0.2) is 22.9 Å². The molecule has 0 saturated carbocycles. The highest BCUT2D eigenvalue weighted by molar-refractivity contribution is 7.26. The highest BCUT2D eigenvalue weighted by Crippen LogP contribution is 2.55. The number of furan rings is 1. The number of phenolic OH excluding ortho intramolecular Hbond substituents is 5. The van der Waals surface area contributed by atoms with Crippen LogP contribution in [-0.4, -0.2) is 40.1 Å². The van der Waals surface area contributed by atoms with Gasteiger partial charge in [-0.25, -0.2) is 9.97 Å². The number of para-hydroxylation sites is 2. The molecule has 0 atom stereocenters. The Labute approximate surface area is 355 Å². The molecule has 0 unspecified atom stereocenters. The highest BCUT2D eigenvalue weighted by atomic mass is 32.1. The highest BCUT2D eigenvalue weighted by Gasteiger charge is 2.28. The third-order valence-electron chi connectivity index (χ3n) is 11.8. The van der Waals surface area contributed by atoms with Gasteiger partial charge in [0.2, 0.25) is 17.2 Å². The summed E-state index contributed by atoms with van der Waals surface area (Å²) in [6, 6.07) is 52.5. The van der Waals surface area contributed by atoms with Crippen LogP contribution < -0.4 is 0 Å². The van der Waals surface area contributed by atoms with E-state index in [4.69, 9.17) is 14.4 Å². The van der Waals surface area contributed by atoms with Crippen molar-refractivity contribution >= 4 is 75.3 Å². The molecule has 9 nitrogen and oxygen atoms in total. The van der Waals surface area contributed by atoms with Crippen LogP contribution >= 0.6 is 11.3 Å². The molecule has 0 aliphatic carbocycles. The zero-order valence-electron chi connectivity index (χ0n) is 32.4. The van der Waals surface area contributed by atoms with E-state index < -0.39 is 28.7 Å². The topological polar surface area (TPSA) is 145 Å².